The first-order chi connectivity index (χ1) is 8.15. The molecule has 0 amide bonds. The molecule has 1 heterocycles. The summed E-state index contributed by atoms with van der Waals surface area (Å²) < 4.78 is 0. The monoisotopic (exact) mass is 253 g/mol. The van der Waals surface area contributed by atoms with Crippen LogP contribution in [0.1, 0.15) is 45.4 Å². The van der Waals surface area contributed by atoms with Gasteiger partial charge in [0, 0.05) is 10.9 Å². The molecule has 2 atom stereocenters. The Hall–Kier alpha value is -0.340. The van der Waals surface area contributed by atoms with Crippen molar-refractivity contribution in [1.82, 2.24) is 5.32 Å². The minimum Gasteiger partial charge on any atom is -0.314 e. The smallest absolute Gasteiger partial charge is 0.00695 e. The fourth-order valence-corrected chi connectivity index (χ4v) is 3.17. The van der Waals surface area contributed by atoms with Gasteiger partial charge in [-0.2, -0.15) is 0 Å². The van der Waals surface area contributed by atoms with Gasteiger partial charge >= 0.3 is 0 Å². The molecule has 0 aliphatic heterocycles. The largest absolute Gasteiger partial charge is 0.314 e. The van der Waals surface area contributed by atoms with Crippen LogP contribution in [0.5, 0.6) is 0 Å². The summed E-state index contributed by atoms with van der Waals surface area (Å²) in [6.07, 6.45) is 3.76. The third-order valence-electron chi connectivity index (χ3n) is 3.52. The second kappa shape index (κ2) is 7.88. The van der Waals surface area contributed by atoms with E-state index in [1.807, 2.05) is 11.3 Å². The van der Waals surface area contributed by atoms with Crippen molar-refractivity contribution in [3.05, 3.63) is 22.4 Å². The standard InChI is InChI=1S/C15H27NS/c1-5-10-16-13(4)15(12(2)3)9-8-14-7-6-11-17-14/h6-7,11-13,15-16H,5,8-10H2,1-4H3. The molecule has 17 heavy (non-hydrogen) atoms. The molecule has 2 unspecified atom stereocenters. The van der Waals surface area contributed by atoms with Gasteiger partial charge in [0.15, 0.2) is 0 Å². The van der Waals surface area contributed by atoms with E-state index in [-0.39, 0.29) is 0 Å². The highest BCUT2D eigenvalue weighted by Crippen LogP contribution is 2.23. The summed E-state index contributed by atoms with van der Waals surface area (Å²) in [5.41, 5.74) is 0. The first-order valence-electron chi connectivity index (χ1n) is 6.91. The van der Waals surface area contributed by atoms with E-state index in [0.29, 0.717) is 6.04 Å². The molecule has 0 saturated heterocycles. The van der Waals surface area contributed by atoms with Crippen LogP contribution < -0.4 is 5.32 Å². The molecular formula is C15H27NS. The summed E-state index contributed by atoms with van der Waals surface area (Å²) in [5, 5.41) is 5.83. The molecule has 2 heteroatoms. The second-order valence-corrected chi connectivity index (χ2v) is 6.30. The third kappa shape index (κ3) is 5.22. The van der Waals surface area contributed by atoms with Crippen molar-refractivity contribution in [3.63, 3.8) is 0 Å². The van der Waals surface area contributed by atoms with Crippen LogP contribution in [0.15, 0.2) is 17.5 Å². The van der Waals surface area contributed by atoms with Gasteiger partial charge in [0.1, 0.15) is 0 Å². The Kier molecular flexibility index (Phi) is 6.83. The molecule has 98 valence electrons. The number of thiophene rings is 1. The Bertz CT molecular complexity index is 279. The van der Waals surface area contributed by atoms with E-state index in [4.69, 9.17) is 0 Å². The molecular weight excluding hydrogens is 226 g/mol. The summed E-state index contributed by atoms with van der Waals surface area (Å²) in [6.45, 7) is 10.4. The summed E-state index contributed by atoms with van der Waals surface area (Å²) in [5.74, 6) is 1.54. The lowest BCUT2D eigenvalue weighted by Crippen LogP contribution is -2.36. The first kappa shape index (κ1) is 14.7. The van der Waals surface area contributed by atoms with Gasteiger partial charge in [-0.05, 0) is 56.0 Å². The SMILES string of the molecule is CCCNC(C)C(CCc1cccs1)C(C)C. The molecule has 0 aliphatic rings. The molecule has 0 bridgehead atoms. The fraction of sp³-hybridized carbons (Fsp3) is 0.733. The van der Waals surface area contributed by atoms with Gasteiger partial charge in [0.25, 0.3) is 0 Å². The Morgan fingerprint density at radius 3 is 2.59 bits per heavy atom. The van der Waals surface area contributed by atoms with Gasteiger partial charge in [-0.3, -0.25) is 0 Å². The fourth-order valence-electron chi connectivity index (χ4n) is 2.45. The zero-order valence-electron chi connectivity index (χ0n) is 11.7. The molecule has 1 aromatic rings. The van der Waals surface area contributed by atoms with E-state index in [1.54, 1.807) is 0 Å². The first-order valence-corrected chi connectivity index (χ1v) is 7.78. The summed E-state index contributed by atoms with van der Waals surface area (Å²) in [6, 6.07) is 5.05. The lowest BCUT2D eigenvalue weighted by Gasteiger charge is -2.28. The molecule has 1 N–H and O–H groups in total. The second-order valence-electron chi connectivity index (χ2n) is 5.27. The van der Waals surface area contributed by atoms with Crippen molar-refractivity contribution in [2.24, 2.45) is 11.8 Å². The third-order valence-corrected chi connectivity index (χ3v) is 4.46. The van der Waals surface area contributed by atoms with E-state index in [2.05, 4.69) is 50.5 Å². The van der Waals surface area contributed by atoms with Gasteiger partial charge in [0.2, 0.25) is 0 Å². The maximum atomic E-state index is 3.65. The Labute approximate surface area is 111 Å². The molecule has 0 fully saturated rings. The van der Waals surface area contributed by atoms with Crippen molar-refractivity contribution in [2.75, 3.05) is 6.54 Å². The number of nitrogens with one attached hydrogen (secondary N) is 1. The maximum Gasteiger partial charge on any atom is 0.00695 e. The van der Waals surface area contributed by atoms with Crippen molar-refractivity contribution in [2.45, 2.75) is 53.0 Å². The highest BCUT2D eigenvalue weighted by atomic mass is 32.1. The van der Waals surface area contributed by atoms with Gasteiger partial charge < -0.3 is 5.32 Å². The normalized spacial score (nSPS) is 15.1. The Morgan fingerprint density at radius 1 is 1.29 bits per heavy atom. The van der Waals surface area contributed by atoms with E-state index in [9.17, 15) is 0 Å². The molecule has 0 saturated carbocycles. The van der Waals surface area contributed by atoms with Gasteiger partial charge in [-0.1, -0.05) is 26.8 Å². The van der Waals surface area contributed by atoms with Crippen LogP contribution in [0.2, 0.25) is 0 Å². The van der Waals surface area contributed by atoms with E-state index >= 15 is 0 Å². The van der Waals surface area contributed by atoms with E-state index in [1.165, 1.54) is 24.1 Å². The van der Waals surface area contributed by atoms with Gasteiger partial charge in [-0.15, -0.1) is 11.3 Å². The highest BCUT2D eigenvalue weighted by molar-refractivity contribution is 7.09. The number of aryl methyl sites for hydroxylation is 1. The van der Waals surface area contributed by atoms with Crippen LogP contribution in [0.3, 0.4) is 0 Å². The predicted octanol–water partition coefficient (Wildman–Crippen LogP) is 4.34. The van der Waals surface area contributed by atoms with Crippen LogP contribution in [0, 0.1) is 11.8 Å². The topological polar surface area (TPSA) is 12.0 Å². The predicted molar refractivity (Wildman–Crippen MR) is 78.7 cm³/mol. The zero-order valence-corrected chi connectivity index (χ0v) is 12.5. The molecule has 0 aliphatic carbocycles. The molecule has 0 radical (unpaired) electrons. The minimum atomic E-state index is 0.634. The van der Waals surface area contributed by atoms with Crippen LogP contribution in [0.25, 0.3) is 0 Å². The molecule has 1 aromatic heterocycles. The summed E-state index contributed by atoms with van der Waals surface area (Å²) in [4.78, 5) is 1.53. The van der Waals surface area contributed by atoms with Crippen LogP contribution >= 0.6 is 11.3 Å². The lowest BCUT2D eigenvalue weighted by molar-refractivity contribution is 0.274. The minimum absolute atomic E-state index is 0.634. The van der Waals surface area contributed by atoms with Crippen LogP contribution in [-0.4, -0.2) is 12.6 Å². The molecule has 0 spiro atoms. The number of hydrogen-bond acceptors (Lipinski definition) is 2. The van der Waals surface area contributed by atoms with E-state index in [0.717, 1.165) is 18.4 Å². The van der Waals surface area contributed by atoms with Crippen LogP contribution in [0.4, 0.5) is 0 Å². The van der Waals surface area contributed by atoms with Crippen molar-refractivity contribution in [3.8, 4) is 0 Å². The molecule has 1 rings (SSSR count). The van der Waals surface area contributed by atoms with Crippen molar-refractivity contribution in [1.29, 1.82) is 0 Å². The molecule has 0 aromatic carbocycles. The highest BCUT2D eigenvalue weighted by Gasteiger charge is 2.20. The number of hydrogen-bond donors (Lipinski definition) is 1. The summed E-state index contributed by atoms with van der Waals surface area (Å²) >= 11 is 1.89. The van der Waals surface area contributed by atoms with E-state index < -0.39 is 0 Å². The Morgan fingerprint density at radius 2 is 2.06 bits per heavy atom. The molecule has 1 nitrogen and oxygen atoms in total. The number of rotatable bonds is 8. The Balaban J connectivity index is 2.42. The maximum absolute atomic E-state index is 3.65. The quantitative estimate of drug-likeness (QED) is 0.726. The zero-order chi connectivity index (χ0) is 12.7. The lowest BCUT2D eigenvalue weighted by atomic mass is 9.85. The van der Waals surface area contributed by atoms with Gasteiger partial charge in [-0.25, -0.2) is 0 Å². The van der Waals surface area contributed by atoms with Crippen molar-refractivity contribution >= 4 is 11.3 Å². The average molecular weight is 253 g/mol. The summed E-state index contributed by atoms with van der Waals surface area (Å²) in [7, 11) is 0. The van der Waals surface area contributed by atoms with Gasteiger partial charge in [0.05, 0.1) is 0 Å². The van der Waals surface area contributed by atoms with Crippen molar-refractivity contribution < 1.29 is 0 Å². The average Bonchev–Trinajstić information content (AvgIpc) is 2.79. The van der Waals surface area contributed by atoms with Crippen LogP contribution in [-0.2, 0) is 6.42 Å².